The number of aromatic nitrogens is 1. The van der Waals surface area contributed by atoms with Gasteiger partial charge in [-0.25, -0.2) is 9.98 Å². The largest absolute Gasteiger partial charge is 0.484 e. The Hall–Kier alpha value is -2.61. The number of aliphatic imine (C=N–C) groups is 1. The maximum atomic E-state index is 11.5. The normalized spacial score (nSPS) is 11.4. The Kier molecular flexibility index (Phi) is 9.43. The zero-order chi connectivity index (χ0) is 21.1. The van der Waals surface area contributed by atoms with E-state index in [-0.39, 0.29) is 12.5 Å². The summed E-state index contributed by atoms with van der Waals surface area (Å²) in [5, 5.41) is 12.4. The fraction of sp³-hybridized carbons (Fsp3) is 0.476. The number of ether oxygens (including phenoxy) is 1. The number of nitrogens with one attached hydrogen (secondary N) is 3. The quantitative estimate of drug-likeness (QED) is 0.409. The van der Waals surface area contributed by atoms with Gasteiger partial charge in [0, 0.05) is 18.5 Å². The highest BCUT2D eigenvalue weighted by Crippen LogP contribution is 2.17. The van der Waals surface area contributed by atoms with Crippen LogP contribution in [-0.4, -0.2) is 36.5 Å². The van der Waals surface area contributed by atoms with Crippen LogP contribution < -0.4 is 20.7 Å². The zero-order valence-electron chi connectivity index (χ0n) is 17.6. The van der Waals surface area contributed by atoms with Crippen LogP contribution in [0.15, 0.2) is 34.6 Å². The van der Waals surface area contributed by atoms with Crippen LogP contribution in [0.2, 0.25) is 0 Å². The average molecular weight is 418 g/mol. The van der Waals surface area contributed by atoms with Crippen LogP contribution in [0.3, 0.4) is 0 Å². The van der Waals surface area contributed by atoms with Crippen molar-refractivity contribution in [2.75, 3.05) is 19.7 Å². The maximum absolute atomic E-state index is 11.5. The van der Waals surface area contributed by atoms with E-state index < -0.39 is 0 Å². The van der Waals surface area contributed by atoms with E-state index in [1.54, 1.807) is 11.3 Å². The minimum Gasteiger partial charge on any atom is -0.484 e. The molecule has 0 radical (unpaired) electrons. The van der Waals surface area contributed by atoms with Crippen molar-refractivity contribution in [3.05, 3.63) is 45.9 Å². The molecule has 158 valence electrons. The van der Waals surface area contributed by atoms with Crippen LogP contribution in [0.1, 0.15) is 49.9 Å². The van der Waals surface area contributed by atoms with Crippen molar-refractivity contribution in [3.63, 3.8) is 0 Å². The third-order valence-corrected chi connectivity index (χ3v) is 4.84. The predicted octanol–water partition coefficient (Wildman–Crippen LogP) is 3.04. The highest BCUT2D eigenvalue weighted by molar-refractivity contribution is 7.09. The molecule has 29 heavy (non-hydrogen) atoms. The molecule has 0 spiro atoms. The fourth-order valence-electron chi connectivity index (χ4n) is 2.47. The summed E-state index contributed by atoms with van der Waals surface area (Å²) in [6, 6.07) is 7.63. The van der Waals surface area contributed by atoms with Crippen LogP contribution in [-0.2, 0) is 17.9 Å². The molecule has 3 N–H and O–H groups in total. The van der Waals surface area contributed by atoms with Gasteiger partial charge in [-0.3, -0.25) is 4.79 Å². The minimum atomic E-state index is -0.127. The number of rotatable bonds is 10. The third kappa shape index (κ3) is 8.11. The van der Waals surface area contributed by atoms with Crippen molar-refractivity contribution < 1.29 is 9.53 Å². The molecule has 0 fully saturated rings. The molecule has 2 rings (SSSR count). The van der Waals surface area contributed by atoms with E-state index in [1.165, 1.54) is 0 Å². The first-order valence-electron chi connectivity index (χ1n) is 9.96. The van der Waals surface area contributed by atoms with E-state index in [9.17, 15) is 4.79 Å². The Morgan fingerprint density at radius 2 is 2.00 bits per heavy atom. The molecule has 1 amide bonds. The van der Waals surface area contributed by atoms with Gasteiger partial charge in [0.1, 0.15) is 10.8 Å². The van der Waals surface area contributed by atoms with Gasteiger partial charge in [-0.1, -0.05) is 26.0 Å². The summed E-state index contributed by atoms with van der Waals surface area (Å²) >= 11 is 1.66. The molecule has 0 aliphatic carbocycles. The van der Waals surface area contributed by atoms with Gasteiger partial charge in [0.25, 0.3) is 5.91 Å². The minimum absolute atomic E-state index is 0.0108. The Bertz CT molecular complexity index is 804. The number of carbonyl (C=O) groups excluding carboxylic acids is 1. The molecule has 1 aromatic carbocycles. The van der Waals surface area contributed by atoms with E-state index >= 15 is 0 Å². The van der Waals surface area contributed by atoms with E-state index in [4.69, 9.17) is 4.74 Å². The average Bonchev–Trinajstić information content (AvgIpc) is 3.18. The second kappa shape index (κ2) is 12.1. The second-order valence-corrected chi connectivity index (χ2v) is 7.70. The van der Waals surface area contributed by atoms with Gasteiger partial charge in [0.15, 0.2) is 12.6 Å². The van der Waals surface area contributed by atoms with Gasteiger partial charge in [-0.05, 0) is 37.5 Å². The number of likely N-dealkylation sites (N-methyl/N-ethyl adjacent to an activating group) is 1. The van der Waals surface area contributed by atoms with E-state index in [0.717, 1.165) is 28.8 Å². The summed E-state index contributed by atoms with van der Waals surface area (Å²) in [5.41, 5.74) is 2.13. The number of guanidine groups is 1. The molecule has 0 aliphatic heterocycles. The van der Waals surface area contributed by atoms with Crippen LogP contribution in [0.4, 0.5) is 0 Å². The first-order valence-corrected chi connectivity index (χ1v) is 10.8. The summed E-state index contributed by atoms with van der Waals surface area (Å²) in [5.74, 6) is 1.70. The van der Waals surface area contributed by atoms with Crippen LogP contribution in [0.5, 0.6) is 5.75 Å². The van der Waals surface area contributed by atoms with E-state index in [1.807, 2.05) is 38.1 Å². The molecule has 0 bridgehead atoms. The number of hydrogen-bond donors (Lipinski definition) is 3. The number of thiazole rings is 1. The molecule has 1 aromatic heterocycles. The molecule has 0 atom stereocenters. The summed E-state index contributed by atoms with van der Waals surface area (Å²) in [6.07, 6.45) is 0. The smallest absolute Gasteiger partial charge is 0.257 e. The Balaban J connectivity index is 1.93. The monoisotopic (exact) mass is 417 g/mol. The first-order chi connectivity index (χ1) is 14.0. The van der Waals surface area contributed by atoms with Crippen LogP contribution >= 0.6 is 11.3 Å². The summed E-state index contributed by atoms with van der Waals surface area (Å²) in [7, 11) is 0. The third-order valence-electron chi connectivity index (χ3n) is 3.97. The standard InChI is InChI=1S/C21H31N5O2S/c1-5-22-19(27)13-28-17-9-7-8-16(10-17)11-24-21(23-6-2)25-12-20-26-18(14-29-20)15(3)4/h7-10,14-15H,5-6,11-13H2,1-4H3,(H,22,27)(H2,23,24,25). The zero-order valence-corrected chi connectivity index (χ0v) is 18.4. The molecule has 0 unspecified atom stereocenters. The van der Waals surface area contributed by atoms with Gasteiger partial charge >= 0.3 is 0 Å². The van der Waals surface area contributed by atoms with Crippen LogP contribution in [0, 0.1) is 0 Å². The van der Waals surface area contributed by atoms with Crippen molar-refractivity contribution in [2.24, 2.45) is 4.99 Å². The van der Waals surface area contributed by atoms with E-state index in [0.29, 0.717) is 31.3 Å². The summed E-state index contributed by atoms with van der Waals surface area (Å²) in [6.45, 7) is 10.7. The van der Waals surface area contributed by atoms with Crippen molar-refractivity contribution in [3.8, 4) is 5.75 Å². The van der Waals surface area contributed by atoms with Crippen molar-refractivity contribution in [1.82, 2.24) is 20.9 Å². The Morgan fingerprint density at radius 1 is 1.21 bits per heavy atom. The topological polar surface area (TPSA) is 87.6 Å². The maximum Gasteiger partial charge on any atom is 0.257 e. The van der Waals surface area contributed by atoms with Gasteiger partial charge in [0.2, 0.25) is 0 Å². The number of hydrogen-bond acceptors (Lipinski definition) is 5. The van der Waals surface area contributed by atoms with Crippen LogP contribution in [0.25, 0.3) is 0 Å². The van der Waals surface area contributed by atoms with Gasteiger partial charge in [-0.15, -0.1) is 11.3 Å². The molecule has 2 aromatic rings. The lowest BCUT2D eigenvalue weighted by Crippen LogP contribution is -2.36. The number of nitrogens with zero attached hydrogens (tertiary/aromatic N) is 2. The lowest BCUT2D eigenvalue weighted by molar-refractivity contribution is -0.122. The molecule has 0 saturated heterocycles. The SMILES string of the molecule is CCNC(=O)COc1cccc(CN=C(NCC)NCc2nc(C(C)C)cs2)c1. The Morgan fingerprint density at radius 3 is 2.69 bits per heavy atom. The van der Waals surface area contributed by atoms with Crippen molar-refractivity contribution in [1.29, 1.82) is 0 Å². The highest BCUT2D eigenvalue weighted by Gasteiger charge is 2.07. The van der Waals surface area contributed by atoms with Crippen molar-refractivity contribution in [2.45, 2.75) is 46.7 Å². The second-order valence-electron chi connectivity index (χ2n) is 6.76. The number of carbonyl (C=O) groups is 1. The lowest BCUT2D eigenvalue weighted by Gasteiger charge is -2.11. The molecule has 1 heterocycles. The predicted molar refractivity (Wildman–Crippen MR) is 118 cm³/mol. The molecule has 7 nitrogen and oxygen atoms in total. The van der Waals surface area contributed by atoms with Crippen molar-refractivity contribution >= 4 is 23.2 Å². The first kappa shape index (κ1) is 22.7. The van der Waals surface area contributed by atoms with E-state index in [2.05, 4.69) is 45.2 Å². The lowest BCUT2D eigenvalue weighted by atomic mass is 10.2. The summed E-state index contributed by atoms with van der Waals surface area (Å²) < 4.78 is 5.54. The van der Waals surface area contributed by atoms with Gasteiger partial charge < -0.3 is 20.7 Å². The Labute approximate surface area is 177 Å². The van der Waals surface area contributed by atoms with Gasteiger partial charge in [0.05, 0.1) is 18.8 Å². The van der Waals surface area contributed by atoms with Gasteiger partial charge in [-0.2, -0.15) is 0 Å². The number of amides is 1. The molecule has 0 saturated carbocycles. The molecule has 0 aliphatic rings. The fourth-order valence-corrected chi connectivity index (χ4v) is 3.37. The highest BCUT2D eigenvalue weighted by atomic mass is 32.1. The molecule has 8 heteroatoms. The molecular formula is C21H31N5O2S. The summed E-state index contributed by atoms with van der Waals surface area (Å²) in [4.78, 5) is 20.8. The number of benzene rings is 1. The molecular weight excluding hydrogens is 386 g/mol.